The number of thiazole rings is 1. The van der Waals surface area contributed by atoms with Gasteiger partial charge in [0.2, 0.25) is 0 Å². The molecule has 112 valence electrons. The molecule has 0 saturated heterocycles. The van der Waals surface area contributed by atoms with E-state index in [0.29, 0.717) is 24.6 Å². The summed E-state index contributed by atoms with van der Waals surface area (Å²) in [5.74, 6) is 0.416. The highest BCUT2D eigenvalue weighted by atomic mass is 32.1. The topological polar surface area (TPSA) is 49.3 Å². The summed E-state index contributed by atoms with van der Waals surface area (Å²) in [6.07, 6.45) is 2.90. The number of nitrogens with one attached hydrogen (secondary N) is 2. The Bertz CT molecular complexity index is 609. The van der Waals surface area contributed by atoms with Crippen LogP contribution in [0.4, 0.5) is 4.39 Å². The minimum absolute atomic E-state index is 0.215. The molecule has 21 heavy (non-hydrogen) atoms. The highest BCUT2D eigenvalue weighted by Gasteiger charge is 2.04. The Morgan fingerprint density at radius 1 is 1.29 bits per heavy atom. The number of benzene rings is 1. The van der Waals surface area contributed by atoms with Crippen molar-refractivity contribution in [1.82, 2.24) is 15.6 Å². The van der Waals surface area contributed by atoms with Crippen LogP contribution in [0.15, 0.2) is 35.5 Å². The predicted octanol–water partition coefficient (Wildman–Crippen LogP) is 2.71. The van der Waals surface area contributed by atoms with E-state index in [1.165, 1.54) is 10.9 Å². The summed E-state index contributed by atoms with van der Waals surface area (Å²) in [5, 5.41) is 7.29. The van der Waals surface area contributed by atoms with E-state index in [2.05, 4.69) is 27.5 Å². The second kappa shape index (κ2) is 7.73. The zero-order valence-corrected chi connectivity index (χ0v) is 13.0. The largest absolute Gasteiger partial charge is 0.352 e. The standard InChI is InChI=1S/C15H19FN4S/c1-3-12-9-18-14(21-12)10-20-15(17-2)19-8-11-6-4-5-7-13(11)16/h4-7,9H,3,8,10H2,1-2H3,(H2,17,19,20). The van der Waals surface area contributed by atoms with E-state index in [4.69, 9.17) is 0 Å². The summed E-state index contributed by atoms with van der Waals surface area (Å²) in [6.45, 7) is 3.12. The summed E-state index contributed by atoms with van der Waals surface area (Å²) in [6, 6.07) is 6.71. The van der Waals surface area contributed by atoms with Crippen LogP contribution < -0.4 is 10.6 Å². The van der Waals surface area contributed by atoms with Gasteiger partial charge >= 0.3 is 0 Å². The van der Waals surface area contributed by atoms with Crippen LogP contribution in [0.5, 0.6) is 0 Å². The first kappa shape index (κ1) is 15.4. The third-order valence-electron chi connectivity index (χ3n) is 2.98. The fraction of sp³-hybridized carbons (Fsp3) is 0.333. The van der Waals surface area contributed by atoms with Crippen LogP contribution in [-0.2, 0) is 19.5 Å². The monoisotopic (exact) mass is 306 g/mol. The zero-order valence-electron chi connectivity index (χ0n) is 12.2. The van der Waals surface area contributed by atoms with Gasteiger partial charge in [-0.15, -0.1) is 11.3 Å². The number of halogens is 1. The number of aliphatic imine (C=N–C) groups is 1. The first-order valence-electron chi connectivity index (χ1n) is 6.84. The number of aromatic nitrogens is 1. The first-order valence-corrected chi connectivity index (χ1v) is 7.66. The van der Waals surface area contributed by atoms with Gasteiger partial charge in [0.05, 0.1) is 6.54 Å². The number of hydrogen-bond donors (Lipinski definition) is 2. The lowest BCUT2D eigenvalue weighted by Crippen LogP contribution is -2.36. The molecule has 6 heteroatoms. The van der Waals surface area contributed by atoms with Gasteiger partial charge in [0.15, 0.2) is 5.96 Å². The smallest absolute Gasteiger partial charge is 0.191 e. The highest BCUT2D eigenvalue weighted by molar-refractivity contribution is 7.11. The molecule has 2 N–H and O–H groups in total. The predicted molar refractivity (Wildman–Crippen MR) is 84.9 cm³/mol. The van der Waals surface area contributed by atoms with E-state index in [0.717, 1.165) is 11.4 Å². The van der Waals surface area contributed by atoms with Gasteiger partial charge in [-0.25, -0.2) is 9.37 Å². The van der Waals surface area contributed by atoms with Crippen molar-refractivity contribution in [2.45, 2.75) is 26.4 Å². The van der Waals surface area contributed by atoms with Gasteiger partial charge < -0.3 is 10.6 Å². The van der Waals surface area contributed by atoms with Crippen molar-refractivity contribution in [3.8, 4) is 0 Å². The minimum atomic E-state index is -0.215. The maximum atomic E-state index is 13.5. The second-order valence-electron chi connectivity index (χ2n) is 4.44. The molecule has 0 aliphatic heterocycles. The van der Waals surface area contributed by atoms with E-state index in [1.54, 1.807) is 30.5 Å². The molecule has 2 rings (SSSR count). The van der Waals surface area contributed by atoms with Crippen molar-refractivity contribution in [3.63, 3.8) is 0 Å². The molecule has 1 aromatic heterocycles. The molecule has 0 aliphatic carbocycles. The van der Waals surface area contributed by atoms with Gasteiger partial charge in [-0.05, 0) is 12.5 Å². The molecule has 1 heterocycles. The van der Waals surface area contributed by atoms with Crippen molar-refractivity contribution in [2.24, 2.45) is 4.99 Å². The van der Waals surface area contributed by atoms with E-state index in [9.17, 15) is 4.39 Å². The highest BCUT2D eigenvalue weighted by Crippen LogP contribution is 2.12. The number of aryl methyl sites for hydroxylation is 1. The Balaban J connectivity index is 1.85. The maximum absolute atomic E-state index is 13.5. The second-order valence-corrected chi connectivity index (χ2v) is 5.64. The van der Waals surface area contributed by atoms with Crippen LogP contribution in [0, 0.1) is 5.82 Å². The Kier molecular flexibility index (Phi) is 5.68. The Morgan fingerprint density at radius 2 is 2.05 bits per heavy atom. The molecule has 0 atom stereocenters. The molecule has 0 fully saturated rings. The Labute approximate surface area is 128 Å². The van der Waals surface area contributed by atoms with Crippen LogP contribution in [0.25, 0.3) is 0 Å². The molecule has 4 nitrogen and oxygen atoms in total. The average Bonchev–Trinajstić information content (AvgIpc) is 2.97. The van der Waals surface area contributed by atoms with Crippen molar-refractivity contribution in [3.05, 3.63) is 51.7 Å². The van der Waals surface area contributed by atoms with Gasteiger partial charge in [-0.2, -0.15) is 0 Å². The zero-order chi connectivity index (χ0) is 15.1. The maximum Gasteiger partial charge on any atom is 0.191 e. The molecular formula is C15H19FN4S. The van der Waals surface area contributed by atoms with Gasteiger partial charge in [-0.3, -0.25) is 4.99 Å². The molecule has 0 aliphatic rings. The lowest BCUT2D eigenvalue weighted by molar-refractivity contribution is 0.604. The third kappa shape index (κ3) is 4.53. The molecular weight excluding hydrogens is 287 g/mol. The summed E-state index contributed by atoms with van der Waals surface area (Å²) < 4.78 is 13.5. The van der Waals surface area contributed by atoms with E-state index < -0.39 is 0 Å². The first-order chi connectivity index (χ1) is 10.2. The summed E-state index contributed by atoms with van der Waals surface area (Å²) in [5.41, 5.74) is 0.614. The summed E-state index contributed by atoms with van der Waals surface area (Å²) >= 11 is 1.69. The van der Waals surface area contributed by atoms with Crippen LogP contribution in [0.2, 0.25) is 0 Å². The average molecular weight is 306 g/mol. The van der Waals surface area contributed by atoms with Crippen LogP contribution in [0.3, 0.4) is 0 Å². The van der Waals surface area contributed by atoms with Crippen molar-refractivity contribution in [1.29, 1.82) is 0 Å². The normalized spacial score (nSPS) is 11.5. The molecule has 2 aromatic rings. The molecule has 0 radical (unpaired) electrons. The molecule has 0 amide bonds. The molecule has 0 unspecified atom stereocenters. The molecule has 0 saturated carbocycles. The Hall–Kier alpha value is -1.95. The molecule has 0 bridgehead atoms. The van der Waals surface area contributed by atoms with Crippen LogP contribution in [0.1, 0.15) is 22.4 Å². The summed E-state index contributed by atoms with van der Waals surface area (Å²) in [7, 11) is 1.69. The van der Waals surface area contributed by atoms with Crippen LogP contribution >= 0.6 is 11.3 Å². The minimum Gasteiger partial charge on any atom is -0.352 e. The molecule has 1 aromatic carbocycles. The van der Waals surface area contributed by atoms with Gasteiger partial charge in [-0.1, -0.05) is 25.1 Å². The fourth-order valence-electron chi connectivity index (χ4n) is 1.79. The number of hydrogen-bond acceptors (Lipinski definition) is 3. The van der Waals surface area contributed by atoms with E-state index in [-0.39, 0.29) is 5.82 Å². The number of rotatable bonds is 5. The Morgan fingerprint density at radius 3 is 2.71 bits per heavy atom. The number of nitrogens with zero attached hydrogens (tertiary/aromatic N) is 2. The van der Waals surface area contributed by atoms with Gasteiger partial charge in [0.25, 0.3) is 0 Å². The SMILES string of the molecule is CCc1cnc(CNC(=NC)NCc2ccccc2F)s1. The van der Waals surface area contributed by atoms with Crippen molar-refractivity contribution < 1.29 is 4.39 Å². The lowest BCUT2D eigenvalue weighted by Gasteiger charge is -2.11. The van der Waals surface area contributed by atoms with Crippen LogP contribution in [-0.4, -0.2) is 18.0 Å². The van der Waals surface area contributed by atoms with Crippen molar-refractivity contribution in [2.75, 3.05) is 7.05 Å². The molecule has 0 spiro atoms. The van der Waals surface area contributed by atoms with E-state index in [1.807, 2.05) is 12.3 Å². The quantitative estimate of drug-likeness (QED) is 0.659. The third-order valence-corrected chi connectivity index (χ3v) is 4.13. The van der Waals surface area contributed by atoms with Gasteiger partial charge in [0.1, 0.15) is 10.8 Å². The lowest BCUT2D eigenvalue weighted by atomic mass is 10.2. The summed E-state index contributed by atoms with van der Waals surface area (Å²) in [4.78, 5) is 9.73. The fourth-order valence-corrected chi connectivity index (χ4v) is 2.60. The van der Waals surface area contributed by atoms with Crippen molar-refractivity contribution >= 4 is 17.3 Å². The number of guanidine groups is 1. The van der Waals surface area contributed by atoms with Gasteiger partial charge in [0, 0.05) is 30.2 Å². The van der Waals surface area contributed by atoms with E-state index >= 15 is 0 Å².